The summed E-state index contributed by atoms with van der Waals surface area (Å²) in [6.07, 6.45) is 0.711. The highest BCUT2D eigenvalue weighted by Crippen LogP contribution is 2.31. The second-order valence-corrected chi connectivity index (χ2v) is 8.43. The zero-order valence-electron chi connectivity index (χ0n) is 15.5. The van der Waals surface area contributed by atoms with Crippen LogP contribution in [0.4, 0.5) is 10.7 Å². The molecular formula is C21H18Cl2N2O2S2. The minimum atomic E-state index is -0.391. The van der Waals surface area contributed by atoms with Gasteiger partial charge in [0.25, 0.3) is 0 Å². The standard InChI is InChI=1S/C21H18Cl2N2O2S2/c1-2-27-20(26)16-12-15(10-13-6-4-3-5-7-13)29-19(16)25-21(28)24-18-9-8-14(22)11-17(18)23/h3-9,11-12H,2,10H2,1H3,(H2,24,25,28). The van der Waals surface area contributed by atoms with Gasteiger partial charge < -0.3 is 15.4 Å². The number of carbonyl (C=O) groups excluding carboxylic acids is 1. The van der Waals surface area contributed by atoms with Crippen molar-refractivity contribution in [2.75, 3.05) is 17.2 Å². The van der Waals surface area contributed by atoms with E-state index in [0.717, 1.165) is 10.4 Å². The average molecular weight is 465 g/mol. The molecule has 2 N–H and O–H groups in total. The first-order chi connectivity index (χ1) is 14.0. The van der Waals surface area contributed by atoms with Crippen LogP contribution < -0.4 is 10.6 Å². The van der Waals surface area contributed by atoms with Crippen molar-refractivity contribution in [2.24, 2.45) is 0 Å². The van der Waals surface area contributed by atoms with Crippen LogP contribution in [0.25, 0.3) is 0 Å². The van der Waals surface area contributed by atoms with Crippen molar-refractivity contribution >= 4 is 68.5 Å². The molecular weight excluding hydrogens is 447 g/mol. The summed E-state index contributed by atoms with van der Waals surface area (Å²) < 4.78 is 5.19. The molecule has 3 rings (SSSR count). The minimum absolute atomic E-state index is 0.297. The Balaban J connectivity index is 1.80. The molecule has 0 aliphatic heterocycles. The van der Waals surface area contributed by atoms with Gasteiger partial charge >= 0.3 is 5.97 Å². The van der Waals surface area contributed by atoms with Crippen molar-refractivity contribution in [1.82, 2.24) is 0 Å². The van der Waals surface area contributed by atoms with Crippen LogP contribution in [0.15, 0.2) is 54.6 Å². The van der Waals surface area contributed by atoms with Crippen LogP contribution in [-0.2, 0) is 11.2 Å². The summed E-state index contributed by atoms with van der Waals surface area (Å²) in [5.41, 5.74) is 2.23. The number of ether oxygens (including phenoxy) is 1. The number of hydrogen-bond acceptors (Lipinski definition) is 4. The highest BCUT2D eigenvalue weighted by atomic mass is 35.5. The Hall–Kier alpha value is -2.12. The Labute approximate surface area is 188 Å². The second-order valence-electron chi connectivity index (χ2n) is 6.04. The zero-order chi connectivity index (χ0) is 20.8. The Morgan fingerprint density at radius 2 is 1.86 bits per heavy atom. The van der Waals surface area contributed by atoms with Crippen LogP contribution in [-0.4, -0.2) is 17.7 Å². The molecule has 0 radical (unpaired) electrons. The number of carbonyl (C=O) groups is 1. The van der Waals surface area contributed by atoms with E-state index in [0.29, 0.717) is 44.4 Å². The van der Waals surface area contributed by atoms with Gasteiger partial charge in [-0.1, -0.05) is 53.5 Å². The first-order valence-corrected chi connectivity index (χ1v) is 10.8. The first kappa shape index (κ1) is 21.6. The lowest BCUT2D eigenvalue weighted by molar-refractivity contribution is 0.0528. The van der Waals surface area contributed by atoms with E-state index in [9.17, 15) is 4.79 Å². The molecule has 0 unspecified atom stereocenters. The third kappa shape index (κ3) is 5.93. The fourth-order valence-corrected chi connectivity index (χ4v) is 4.44. The summed E-state index contributed by atoms with van der Waals surface area (Å²) >= 11 is 19.0. The smallest absolute Gasteiger partial charge is 0.341 e. The Morgan fingerprint density at radius 1 is 1.10 bits per heavy atom. The molecule has 3 aromatic rings. The third-order valence-electron chi connectivity index (χ3n) is 3.91. The monoisotopic (exact) mass is 464 g/mol. The van der Waals surface area contributed by atoms with Gasteiger partial charge in [-0.05, 0) is 49.0 Å². The lowest BCUT2D eigenvalue weighted by Crippen LogP contribution is -2.20. The molecule has 0 bridgehead atoms. The van der Waals surface area contributed by atoms with Crippen molar-refractivity contribution < 1.29 is 9.53 Å². The quantitative estimate of drug-likeness (QED) is 0.316. The second kappa shape index (κ2) is 10.1. The molecule has 0 atom stereocenters. The number of hydrogen-bond donors (Lipinski definition) is 2. The number of anilines is 2. The molecule has 8 heteroatoms. The van der Waals surface area contributed by atoms with Gasteiger partial charge in [0.2, 0.25) is 0 Å². The molecule has 0 saturated carbocycles. The van der Waals surface area contributed by atoms with Crippen LogP contribution in [0.1, 0.15) is 27.7 Å². The van der Waals surface area contributed by atoms with Crippen molar-refractivity contribution in [1.29, 1.82) is 0 Å². The predicted molar refractivity (Wildman–Crippen MR) is 126 cm³/mol. The van der Waals surface area contributed by atoms with Gasteiger partial charge in [0, 0.05) is 16.3 Å². The Morgan fingerprint density at radius 3 is 2.55 bits per heavy atom. The van der Waals surface area contributed by atoms with Crippen molar-refractivity contribution in [3.63, 3.8) is 0 Å². The number of rotatable bonds is 6. The van der Waals surface area contributed by atoms with Gasteiger partial charge in [0.05, 0.1) is 22.9 Å². The molecule has 150 valence electrons. The van der Waals surface area contributed by atoms with Crippen molar-refractivity contribution in [2.45, 2.75) is 13.3 Å². The lowest BCUT2D eigenvalue weighted by Gasteiger charge is -2.12. The molecule has 0 saturated heterocycles. The first-order valence-electron chi connectivity index (χ1n) is 8.83. The van der Waals surface area contributed by atoms with Gasteiger partial charge in [-0.2, -0.15) is 0 Å². The van der Waals surface area contributed by atoms with E-state index in [1.54, 1.807) is 25.1 Å². The van der Waals surface area contributed by atoms with Gasteiger partial charge in [0.1, 0.15) is 5.00 Å². The molecule has 0 aliphatic carbocycles. The maximum Gasteiger partial charge on any atom is 0.341 e. The molecule has 1 aromatic heterocycles. The molecule has 4 nitrogen and oxygen atoms in total. The fourth-order valence-electron chi connectivity index (χ4n) is 2.63. The number of thiophene rings is 1. The largest absolute Gasteiger partial charge is 0.462 e. The number of benzene rings is 2. The van der Waals surface area contributed by atoms with E-state index in [1.807, 2.05) is 36.4 Å². The summed E-state index contributed by atoms with van der Waals surface area (Å²) in [6.45, 7) is 2.07. The summed E-state index contributed by atoms with van der Waals surface area (Å²) in [4.78, 5) is 13.4. The highest BCUT2D eigenvalue weighted by Gasteiger charge is 2.18. The van der Waals surface area contributed by atoms with Gasteiger partial charge in [-0.3, -0.25) is 0 Å². The maximum atomic E-state index is 12.4. The minimum Gasteiger partial charge on any atom is -0.462 e. The van der Waals surface area contributed by atoms with Crippen LogP contribution in [0, 0.1) is 0 Å². The molecule has 2 aromatic carbocycles. The Kier molecular flexibility index (Phi) is 7.50. The normalized spacial score (nSPS) is 10.4. The van der Waals surface area contributed by atoms with Crippen LogP contribution in [0.3, 0.4) is 0 Å². The van der Waals surface area contributed by atoms with E-state index in [1.165, 1.54) is 11.3 Å². The lowest BCUT2D eigenvalue weighted by atomic mass is 10.1. The third-order valence-corrected chi connectivity index (χ3v) is 5.71. The SMILES string of the molecule is CCOC(=O)c1cc(Cc2ccccc2)sc1NC(=S)Nc1ccc(Cl)cc1Cl. The van der Waals surface area contributed by atoms with Gasteiger partial charge in [0.15, 0.2) is 5.11 Å². The molecule has 0 fully saturated rings. The van der Waals surface area contributed by atoms with E-state index in [-0.39, 0.29) is 0 Å². The number of esters is 1. The molecule has 0 spiro atoms. The summed E-state index contributed by atoms with van der Waals surface area (Å²) in [6, 6.07) is 17.0. The predicted octanol–water partition coefficient (Wildman–Crippen LogP) is 6.63. The summed E-state index contributed by atoms with van der Waals surface area (Å²) in [7, 11) is 0. The Bertz CT molecular complexity index is 1020. The summed E-state index contributed by atoms with van der Waals surface area (Å²) in [5.74, 6) is -0.391. The highest BCUT2D eigenvalue weighted by molar-refractivity contribution is 7.80. The van der Waals surface area contributed by atoms with Crippen molar-refractivity contribution in [3.8, 4) is 0 Å². The number of thiocarbonyl (C=S) groups is 1. The molecule has 0 aliphatic rings. The van der Waals surface area contributed by atoms with E-state index in [4.69, 9.17) is 40.2 Å². The fraction of sp³-hybridized carbons (Fsp3) is 0.143. The molecule has 1 heterocycles. The van der Waals surface area contributed by atoms with Crippen LogP contribution in [0.5, 0.6) is 0 Å². The molecule has 29 heavy (non-hydrogen) atoms. The van der Waals surface area contributed by atoms with E-state index < -0.39 is 5.97 Å². The van der Waals surface area contributed by atoms with Crippen LogP contribution in [0.2, 0.25) is 10.0 Å². The zero-order valence-corrected chi connectivity index (χ0v) is 18.6. The van der Waals surface area contributed by atoms with E-state index >= 15 is 0 Å². The number of nitrogens with one attached hydrogen (secondary N) is 2. The molecule has 0 amide bonds. The number of halogens is 2. The van der Waals surface area contributed by atoms with Crippen LogP contribution >= 0.6 is 46.8 Å². The van der Waals surface area contributed by atoms with Gasteiger partial charge in [-0.15, -0.1) is 11.3 Å². The average Bonchev–Trinajstić information content (AvgIpc) is 3.07. The van der Waals surface area contributed by atoms with E-state index in [2.05, 4.69) is 10.6 Å². The summed E-state index contributed by atoms with van der Waals surface area (Å²) in [5, 5.41) is 8.04. The topological polar surface area (TPSA) is 50.4 Å². The maximum absolute atomic E-state index is 12.4. The van der Waals surface area contributed by atoms with Crippen molar-refractivity contribution in [3.05, 3.63) is 80.6 Å². The van der Waals surface area contributed by atoms with Gasteiger partial charge in [-0.25, -0.2) is 4.79 Å².